The fourth-order valence-electron chi connectivity index (χ4n) is 2.34. The highest BCUT2D eigenvalue weighted by atomic mass is 16.5. The summed E-state index contributed by atoms with van der Waals surface area (Å²) in [4.78, 5) is 11.9. The van der Waals surface area contributed by atoms with Crippen LogP contribution in [-0.2, 0) is 9.53 Å². The molecule has 0 aromatic carbocycles. The molecule has 0 aliphatic heterocycles. The lowest BCUT2D eigenvalue weighted by Gasteiger charge is -2.40. The maximum absolute atomic E-state index is 11.9. The minimum absolute atomic E-state index is 0.0845. The first-order valence-electron chi connectivity index (χ1n) is 6.89. The Kier molecular flexibility index (Phi) is 5.60. The molecule has 106 valence electrons. The van der Waals surface area contributed by atoms with Crippen LogP contribution in [-0.4, -0.2) is 32.7 Å². The molecule has 0 radical (unpaired) electrons. The lowest BCUT2D eigenvalue weighted by Crippen LogP contribution is -2.43. The van der Waals surface area contributed by atoms with Gasteiger partial charge in [-0.3, -0.25) is 4.79 Å². The third kappa shape index (κ3) is 4.58. The summed E-state index contributed by atoms with van der Waals surface area (Å²) in [7, 11) is 1.70. The Morgan fingerprint density at radius 1 is 1.44 bits per heavy atom. The van der Waals surface area contributed by atoms with E-state index < -0.39 is 0 Å². The molecule has 4 nitrogen and oxygen atoms in total. The number of hydrogen-bond acceptors (Lipinski definition) is 3. The average molecular weight is 256 g/mol. The smallest absolute Gasteiger partial charge is 0.220 e. The van der Waals surface area contributed by atoms with Gasteiger partial charge >= 0.3 is 0 Å². The molecule has 3 N–H and O–H groups in total. The van der Waals surface area contributed by atoms with Crippen molar-refractivity contribution in [2.45, 2.75) is 46.0 Å². The van der Waals surface area contributed by atoms with Crippen LogP contribution in [0.25, 0.3) is 0 Å². The molecular formula is C14H28N2O2. The van der Waals surface area contributed by atoms with Gasteiger partial charge in [0.25, 0.3) is 0 Å². The Balaban J connectivity index is 2.28. The molecule has 1 aliphatic carbocycles. The summed E-state index contributed by atoms with van der Waals surface area (Å²) in [6.45, 7) is 6.36. The first-order valence-corrected chi connectivity index (χ1v) is 6.89. The van der Waals surface area contributed by atoms with Gasteiger partial charge in [0.15, 0.2) is 0 Å². The lowest BCUT2D eigenvalue weighted by molar-refractivity contribution is -0.125. The standard InChI is InChI=1S/C14H28N2O2/c1-13(2,7-8-18-3)11-16-12(17)9-14(10-15)5-4-6-14/h4-11,15H2,1-3H3,(H,16,17). The molecule has 1 saturated carbocycles. The highest BCUT2D eigenvalue weighted by Gasteiger charge is 2.37. The molecule has 0 saturated heterocycles. The maximum Gasteiger partial charge on any atom is 0.220 e. The zero-order chi connectivity index (χ0) is 13.6. The Hall–Kier alpha value is -0.610. The summed E-state index contributed by atoms with van der Waals surface area (Å²) >= 11 is 0. The molecule has 18 heavy (non-hydrogen) atoms. The molecule has 1 rings (SSSR count). The van der Waals surface area contributed by atoms with Gasteiger partial charge in [0.1, 0.15) is 0 Å². The van der Waals surface area contributed by atoms with E-state index in [2.05, 4.69) is 19.2 Å². The normalized spacial score (nSPS) is 18.2. The molecule has 0 atom stereocenters. The van der Waals surface area contributed by atoms with Crippen LogP contribution in [0, 0.1) is 10.8 Å². The Morgan fingerprint density at radius 2 is 2.11 bits per heavy atom. The third-order valence-electron chi connectivity index (χ3n) is 4.13. The van der Waals surface area contributed by atoms with Gasteiger partial charge < -0.3 is 15.8 Å². The van der Waals surface area contributed by atoms with Crippen LogP contribution in [0.2, 0.25) is 0 Å². The van der Waals surface area contributed by atoms with Crippen molar-refractivity contribution in [3.8, 4) is 0 Å². The molecule has 0 aromatic rings. The number of nitrogens with one attached hydrogen (secondary N) is 1. The van der Waals surface area contributed by atoms with E-state index in [0.29, 0.717) is 19.5 Å². The predicted octanol–water partition coefficient (Wildman–Crippen LogP) is 1.68. The van der Waals surface area contributed by atoms with E-state index in [1.807, 2.05) is 0 Å². The topological polar surface area (TPSA) is 64.3 Å². The second-order valence-corrected chi connectivity index (χ2v) is 6.42. The van der Waals surface area contributed by atoms with Crippen molar-refractivity contribution < 1.29 is 9.53 Å². The van der Waals surface area contributed by atoms with Gasteiger partial charge in [-0.15, -0.1) is 0 Å². The predicted molar refractivity (Wildman–Crippen MR) is 73.2 cm³/mol. The molecule has 4 heteroatoms. The minimum atomic E-state index is 0.0845. The molecule has 0 spiro atoms. The van der Waals surface area contributed by atoms with Gasteiger partial charge in [-0.05, 0) is 36.6 Å². The summed E-state index contributed by atoms with van der Waals surface area (Å²) in [5.74, 6) is 0.144. The van der Waals surface area contributed by atoms with Crippen molar-refractivity contribution >= 4 is 5.91 Å². The van der Waals surface area contributed by atoms with Crippen LogP contribution in [0.3, 0.4) is 0 Å². The number of carbonyl (C=O) groups excluding carboxylic acids is 1. The fraction of sp³-hybridized carbons (Fsp3) is 0.929. The van der Waals surface area contributed by atoms with Crippen molar-refractivity contribution in [2.75, 3.05) is 26.8 Å². The highest BCUT2D eigenvalue weighted by molar-refractivity contribution is 5.76. The number of methoxy groups -OCH3 is 1. The number of nitrogens with two attached hydrogens (primary N) is 1. The second-order valence-electron chi connectivity index (χ2n) is 6.42. The van der Waals surface area contributed by atoms with Crippen LogP contribution >= 0.6 is 0 Å². The average Bonchev–Trinajstić information content (AvgIpc) is 2.29. The molecule has 1 fully saturated rings. The highest BCUT2D eigenvalue weighted by Crippen LogP contribution is 2.42. The third-order valence-corrected chi connectivity index (χ3v) is 4.13. The van der Waals surface area contributed by atoms with Gasteiger partial charge in [0.2, 0.25) is 5.91 Å². The van der Waals surface area contributed by atoms with E-state index in [0.717, 1.165) is 25.9 Å². The zero-order valence-electron chi connectivity index (χ0n) is 12.1. The number of carbonyl (C=O) groups is 1. The van der Waals surface area contributed by atoms with E-state index in [1.165, 1.54) is 6.42 Å². The van der Waals surface area contributed by atoms with Crippen molar-refractivity contribution in [3.05, 3.63) is 0 Å². The molecule has 0 heterocycles. The largest absolute Gasteiger partial charge is 0.385 e. The van der Waals surface area contributed by atoms with Gasteiger partial charge in [-0.1, -0.05) is 20.3 Å². The molecule has 1 aliphatic rings. The zero-order valence-corrected chi connectivity index (χ0v) is 12.1. The summed E-state index contributed by atoms with van der Waals surface area (Å²) in [6.07, 6.45) is 4.95. The summed E-state index contributed by atoms with van der Waals surface area (Å²) < 4.78 is 5.08. The number of hydrogen-bond donors (Lipinski definition) is 2. The second kappa shape index (κ2) is 6.53. The molecule has 0 aromatic heterocycles. The van der Waals surface area contributed by atoms with Crippen LogP contribution in [0.4, 0.5) is 0 Å². The summed E-state index contributed by atoms with van der Waals surface area (Å²) in [5.41, 5.74) is 5.95. The fourth-order valence-corrected chi connectivity index (χ4v) is 2.34. The summed E-state index contributed by atoms with van der Waals surface area (Å²) in [5, 5.41) is 3.04. The molecule has 0 unspecified atom stereocenters. The van der Waals surface area contributed by atoms with Crippen LogP contribution in [0.5, 0.6) is 0 Å². The molecule has 0 bridgehead atoms. The van der Waals surface area contributed by atoms with Crippen LogP contribution in [0.15, 0.2) is 0 Å². The van der Waals surface area contributed by atoms with Gasteiger partial charge in [-0.2, -0.15) is 0 Å². The Labute approximate surface area is 111 Å². The monoisotopic (exact) mass is 256 g/mol. The number of amides is 1. The van der Waals surface area contributed by atoms with Crippen molar-refractivity contribution in [1.82, 2.24) is 5.32 Å². The SMILES string of the molecule is COCCC(C)(C)CNC(=O)CC1(CN)CCC1. The van der Waals surface area contributed by atoms with E-state index in [9.17, 15) is 4.79 Å². The van der Waals surface area contributed by atoms with Crippen molar-refractivity contribution in [3.63, 3.8) is 0 Å². The van der Waals surface area contributed by atoms with Crippen molar-refractivity contribution in [2.24, 2.45) is 16.6 Å². The van der Waals surface area contributed by atoms with Gasteiger partial charge in [0.05, 0.1) is 0 Å². The maximum atomic E-state index is 11.9. The molecule has 1 amide bonds. The Bertz CT molecular complexity index is 267. The van der Waals surface area contributed by atoms with Gasteiger partial charge in [-0.25, -0.2) is 0 Å². The molecular weight excluding hydrogens is 228 g/mol. The first kappa shape index (κ1) is 15.4. The van der Waals surface area contributed by atoms with E-state index in [-0.39, 0.29) is 16.7 Å². The number of ether oxygens (including phenoxy) is 1. The van der Waals surface area contributed by atoms with Crippen LogP contribution < -0.4 is 11.1 Å². The number of rotatable bonds is 8. The quantitative estimate of drug-likeness (QED) is 0.694. The first-order chi connectivity index (χ1) is 8.43. The summed E-state index contributed by atoms with van der Waals surface area (Å²) in [6, 6.07) is 0. The minimum Gasteiger partial charge on any atom is -0.385 e. The van der Waals surface area contributed by atoms with E-state index >= 15 is 0 Å². The van der Waals surface area contributed by atoms with E-state index in [1.54, 1.807) is 7.11 Å². The van der Waals surface area contributed by atoms with Crippen LogP contribution in [0.1, 0.15) is 46.0 Å². The lowest BCUT2D eigenvalue weighted by atomic mass is 9.66. The van der Waals surface area contributed by atoms with Gasteiger partial charge in [0, 0.05) is 26.7 Å². The van der Waals surface area contributed by atoms with Crippen molar-refractivity contribution in [1.29, 1.82) is 0 Å². The Morgan fingerprint density at radius 3 is 2.56 bits per heavy atom. The van der Waals surface area contributed by atoms with E-state index in [4.69, 9.17) is 10.5 Å².